The third-order valence-electron chi connectivity index (χ3n) is 5.22. The van der Waals surface area contributed by atoms with Gasteiger partial charge in [0.1, 0.15) is 11.1 Å². The average molecular weight is 446 g/mol. The van der Waals surface area contributed by atoms with Crippen LogP contribution in [0.1, 0.15) is 49.5 Å². The van der Waals surface area contributed by atoms with E-state index in [2.05, 4.69) is 16.0 Å². The van der Waals surface area contributed by atoms with Crippen LogP contribution in [0.4, 0.5) is 0 Å². The van der Waals surface area contributed by atoms with Gasteiger partial charge in [0.05, 0.1) is 24.2 Å². The van der Waals surface area contributed by atoms with Crippen LogP contribution in [-0.4, -0.2) is 34.2 Å². The number of esters is 1. The van der Waals surface area contributed by atoms with E-state index in [4.69, 9.17) is 9.15 Å². The maximum Gasteiger partial charge on any atom is 0.341 e. The minimum absolute atomic E-state index is 0.137. The van der Waals surface area contributed by atoms with E-state index in [1.165, 1.54) is 6.20 Å². The van der Waals surface area contributed by atoms with Crippen LogP contribution < -0.4 is 10.9 Å². The molecule has 0 bridgehead atoms. The number of amides is 2. The standard InChI is InChI=1S/C24H22N4O5/c1-4-32-24(31)19-13-25-28(15(19)3)17-11-9-16(10-12-17)22(29)26-27-23(30)21-14(2)18-7-5-6-8-20(18)33-21/h5-13H,4H2,1-3H3,(H,26,29)(H,27,30). The summed E-state index contributed by atoms with van der Waals surface area (Å²) in [4.78, 5) is 36.9. The maximum absolute atomic E-state index is 12.5. The second-order valence-electron chi connectivity index (χ2n) is 7.28. The number of hydrazine groups is 1. The molecule has 2 amide bonds. The number of fused-ring (bicyclic) bond motifs is 1. The van der Waals surface area contributed by atoms with Crippen molar-refractivity contribution in [1.82, 2.24) is 20.6 Å². The Balaban J connectivity index is 1.43. The van der Waals surface area contributed by atoms with Crippen LogP contribution in [-0.2, 0) is 4.74 Å². The average Bonchev–Trinajstić information content (AvgIpc) is 3.38. The number of rotatable bonds is 5. The van der Waals surface area contributed by atoms with Crippen molar-refractivity contribution in [2.24, 2.45) is 0 Å². The fourth-order valence-corrected chi connectivity index (χ4v) is 3.47. The molecular formula is C24H22N4O5. The molecule has 0 aliphatic heterocycles. The van der Waals surface area contributed by atoms with Crippen LogP contribution in [0.2, 0.25) is 0 Å². The van der Waals surface area contributed by atoms with E-state index in [1.54, 1.807) is 55.8 Å². The Bertz CT molecular complexity index is 1350. The molecule has 9 heteroatoms. The lowest BCUT2D eigenvalue weighted by Gasteiger charge is -2.09. The molecule has 2 heterocycles. The van der Waals surface area contributed by atoms with E-state index in [9.17, 15) is 14.4 Å². The summed E-state index contributed by atoms with van der Waals surface area (Å²) < 4.78 is 12.2. The molecule has 0 atom stereocenters. The van der Waals surface area contributed by atoms with Crippen molar-refractivity contribution in [3.63, 3.8) is 0 Å². The van der Waals surface area contributed by atoms with Crippen LogP contribution in [0.5, 0.6) is 0 Å². The summed E-state index contributed by atoms with van der Waals surface area (Å²) in [5.74, 6) is -1.34. The topological polar surface area (TPSA) is 115 Å². The number of para-hydroxylation sites is 1. The number of carbonyl (C=O) groups excluding carboxylic acids is 3. The molecule has 4 rings (SSSR count). The number of furan rings is 1. The monoisotopic (exact) mass is 446 g/mol. The third kappa shape index (κ3) is 4.20. The molecule has 0 saturated heterocycles. The van der Waals surface area contributed by atoms with Crippen molar-refractivity contribution >= 4 is 28.8 Å². The second-order valence-corrected chi connectivity index (χ2v) is 7.28. The summed E-state index contributed by atoms with van der Waals surface area (Å²) in [5.41, 5.74) is 8.06. The Labute approximate surface area is 189 Å². The van der Waals surface area contributed by atoms with Crippen molar-refractivity contribution in [2.45, 2.75) is 20.8 Å². The lowest BCUT2D eigenvalue weighted by Crippen LogP contribution is -2.41. The van der Waals surface area contributed by atoms with E-state index < -0.39 is 17.8 Å². The van der Waals surface area contributed by atoms with Crippen LogP contribution in [0.3, 0.4) is 0 Å². The van der Waals surface area contributed by atoms with E-state index >= 15 is 0 Å². The molecule has 2 N–H and O–H groups in total. The molecule has 0 fully saturated rings. The van der Waals surface area contributed by atoms with Gasteiger partial charge in [0, 0.05) is 16.5 Å². The van der Waals surface area contributed by atoms with Gasteiger partial charge in [0.15, 0.2) is 5.76 Å². The number of carbonyl (C=O) groups is 3. The van der Waals surface area contributed by atoms with Gasteiger partial charge in [-0.25, -0.2) is 9.48 Å². The number of hydrogen-bond acceptors (Lipinski definition) is 6. The van der Waals surface area contributed by atoms with Gasteiger partial charge in [-0.2, -0.15) is 5.10 Å². The minimum atomic E-state index is -0.549. The molecule has 2 aromatic carbocycles. The number of hydrogen-bond donors (Lipinski definition) is 2. The molecule has 0 spiro atoms. The zero-order chi connectivity index (χ0) is 23.5. The van der Waals surface area contributed by atoms with Crippen molar-refractivity contribution in [1.29, 1.82) is 0 Å². The maximum atomic E-state index is 12.5. The molecular weight excluding hydrogens is 424 g/mol. The Morgan fingerprint density at radius 2 is 1.70 bits per heavy atom. The molecule has 0 unspecified atom stereocenters. The van der Waals surface area contributed by atoms with Gasteiger partial charge in [-0.05, 0) is 51.1 Å². The Morgan fingerprint density at radius 1 is 1.00 bits per heavy atom. The van der Waals surface area contributed by atoms with Crippen molar-refractivity contribution in [3.05, 3.63) is 82.9 Å². The highest BCUT2D eigenvalue weighted by molar-refractivity contribution is 6.01. The molecule has 0 saturated carbocycles. The number of aryl methyl sites for hydroxylation is 1. The predicted molar refractivity (Wildman–Crippen MR) is 120 cm³/mol. The van der Waals surface area contributed by atoms with E-state index in [1.807, 2.05) is 18.2 Å². The molecule has 0 aliphatic carbocycles. The molecule has 0 radical (unpaired) electrons. The first-order chi connectivity index (χ1) is 15.9. The SMILES string of the molecule is CCOC(=O)c1cnn(-c2ccc(C(=O)NNC(=O)c3oc4ccccc4c3C)cc2)c1C. The fraction of sp³-hybridized carbons (Fsp3) is 0.167. The first-order valence-corrected chi connectivity index (χ1v) is 10.3. The first-order valence-electron chi connectivity index (χ1n) is 10.3. The highest BCUT2D eigenvalue weighted by atomic mass is 16.5. The summed E-state index contributed by atoms with van der Waals surface area (Å²) in [6.07, 6.45) is 1.45. The summed E-state index contributed by atoms with van der Waals surface area (Å²) in [7, 11) is 0. The number of nitrogens with one attached hydrogen (secondary N) is 2. The van der Waals surface area contributed by atoms with Gasteiger partial charge >= 0.3 is 11.9 Å². The smallest absolute Gasteiger partial charge is 0.341 e. The summed E-state index contributed by atoms with van der Waals surface area (Å²) in [6.45, 7) is 5.56. The Kier molecular flexibility index (Phi) is 5.95. The Morgan fingerprint density at radius 3 is 2.39 bits per heavy atom. The fourth-order valence-electron chi connectivity index (χ4n) is 3.47. The van der Waals surface area contributed by atoms with Gasteiger partial charge in [-0.1, -0.05) is 18.2 Å². The lowest BCUT2D eigenvalue weighted by atomic mass is 10.1. The molecule has 0 aliphatic rings. The molecule has 9 nitrogen and oxygen atoms in total. The molecule has 168 valence electrons. The van der Waals surface area contributed by atoms with Gasteiger partial charge < -0.3 is 9.15 Å². The van der Waals surface area contributed by atoms with Crippen LogP contribution >= 0.6 is 0 Å². The second kappa shape index (κ2) is 8.99. The predicted octanol–water partition coefficient (Wildman–Crippen LogP) is 3.49. The molecule has 4 aromatic rings. The lowest BCUT2D eigenvalue weighted by molar-refractivity contribution is 0.0525. The van der Waals surface area contributed by atoms with Crippen LogP contribution in [0, 0.1) is 13.8 Å². The molecule has 33 heavy (non-hydrogen) atoms. The zero-order valence-electron chi connectivity index (χ0n) is 18.3. The summed E-state index contributed by atoms with van der Waals surface area (Å²) in [6, 6.07) is 13.9. The van der Waals surface area contributed by atoms with Gasteiger partial charge in [0.2, 0.25) is 0 Å². The largest absolute Gasteiger partial charge is 0.462 e. The van der Waals surface area contributed by atoms with Gasteiger partial charge in [-0.15, -0.1) is 0 Å². The van der Waals surface area contributed by atoms with E-state index in [-0.39, 0.29) is 12.4 Å². The summed E-state index contributed by atoms with van der Waals surface area (Å²) in [5, 5.41) is 5.07. The third-order valence-corrected chi connectivity index (χ3v) is 5.22. The van der Waals surface area contributed by atoms with Crippen molar-refractivity contribution in [3.8, 4) is 5.69 Å². The number of benzene rings is 2. The van der Waals surface area contributed by atoms with Crippen LogP contribution in [0.25, 0.3) is 16.7 Å². The number of ether oxygens (including phenoxy) is 1. The zero-order valence-corrected chi connectivity index (χ0v) is 18.3. The number of aromatic nitrogens is 2. The minimum Gasteiger partial charge on any atom is -0.462 e. The van der Waals surface area contributed by atoms with Crippen molar-refractivity contribution in [2.75, 3.05) is 6.61 Å². The van der Waals surface area contributed by atoms with Crippen molar-refractivity contribution < 1.29 is 23.5 Å². The quantitative estimate of drug-likeness (QED) is 0.358. The van der Waals surface area contributed by atoms with Gasteiger partial charge in [-0.3, -0.25) is 20.4 Å². The highest BCUT2D eigenvalue weighted by Crippen LogP contribution is 2.24. The normalized spacial score (nSPS) is 10.8. The first kappa shape index (κ1) is 21.8. The van der Waals surface area contributed by atoms with Gasteiger partial charge in [0.25, 0.3) is 5.91 Å². The Hall–Kier alpha value is -4.40. The highest BCUT2D eigenvalue weighted by Gasteiger charge is 2.19. The van der Waals surface area contributed by atoms with E-state index in [0.29, 0.717) is 33.7 Å². The number of nitrogens with zero attached hydrogens (tertiary/aromatic N) is 2. The van der Waals surface area contributed by atoms with E-state index in [0.717, 1.165) is 5.39 Å². The molecule has 2 aromatic heterocycles. The van der Waals surface area contributed by atoms with Crippen LogP contribution in [0.15, 0.2) is 59.1 Å². The summed E-state index contributed by atoms with van der Waals surface area (Å²) >= 11 is 0.